The van der Waals surface area contributed by atoms with E-state index in [9.17, 15) is 0 Å². The van der Waals surface area contributed by atoms with Gasteiger partial charge < -0.3 is 10.1 Å². The molecule has 1 saturated heterocycles. The van der Waals surface area contributed by atoms with Crippen molar-refractivity contribution in [3.8, 4) is 0 Å². The summed E-state index contributed by atoms with van der Waals surface area (Å²) >= 11 is 0. The molecule has 3 nitrogen and oxygen atoms in total. The molecule has 2 heterocycles. The largest absolute Gasteiger partial charge is 0.381 e. The molecule has 100 valence electrons. The van der Waals surface area contributed by atoms with Gasteiger partial charge in [-0.2, -0.15) is 0 Å². The molecule has 1 aliphatic heterocycles. The van der Waals surface area contributed by atoms with Gasteiger partial charge in [0.05, 0.1) is 12.1 Å². The molecule has 0 saturated carbocycles. The van der Waals surface area contributed by atoms with Crippen LogP contribution in [0.3, 0.4) is 0 Å². The topological polar surface area (TPSA) is 34.2 Å². The van der Waals surface area contributed by atoms with Crippen LogP contribution in [0.1, 0.15) is 23.7 Å². The van der Waals surface area contributed by atoms with Crippen LogP contribution < -0.4 is 5.32 Å². The normalized spacial score (nSPS) is 20.8. The molecule has 2 unspecified atom stereocenters. The predicted molar refractivity (Wildman–Crippen MR) is 77.2 cm³/mol. The molecule has 3 rings (SSSR count). The van der Waals surface area contributed by atoms with E-state index >= 15 is 0 Å². The number of aryl methyl sites for hydroxylation is 1. The Morgan fingerprint density at radius 2 is 2.21 bits per heavy atom. The van der Waals surface area contributed by atoms with Crippen molar-refractivity contribution >= 4 is 10.9 Å². The second-order valence-electron chi connectivity index (χ2n) is 5.26. The van der Waals surface area contributed by atoms with Crippen LogP contribution in [0.4, 0.5) is 0 Å². The summed E-state index contributed by atoms with van der Waals surface area (Å²) in [6.07, 6.45) is 1.13. The average Bonchev–Trinajstić information content (AvgIpc) is 2.93. The molecule has 0 bridgehead atoms. The highest BCUT2D eigenvalue weighted by atomic mass is 16.5. The minimum Gasteiger partial charge on any atom is -0.381 e. The molecule has 3 heteroatoms. The number of para-hydroxylation sites is 1. The summed E-state index contributed by atoms with van der Waals surface area (Å²) in [5.41, 5.74) is 3.51. The number of nitrogens with one attached hydrogen (secondary N) is 1. The molecule has 1 aromatic carbocycles. The number of pyridine rings is 1. The fourth-order valence-corrected chi connectivity index (χ4v) is 3.06. The van der Waals surface area contributed by atoms with Crippen LogP contribution >= 0.6 is 0 Å². The third kappa shape index (κ3) is 2.36. The number of benzene rings is 1. The Balaban J connectivity index is 2.11. The van der Waals surface area contributed by atoms with Crippen molar-refractivity contribution in [3.63, 3.8) is 0 Å². The van der Waals surface area contributed by atoms with Crippen molar-refractivity contribution in [3.05, 3.63) is 41.6 Å². The van der Waals surface area contributed by atoms with Gasteiger partial charge in [-0.25, -0.2) is 0 Å². The predicted octanol–water partition coefficient (Wildman–Crippen LogP) is 2.84. The fourth-order valence-electron chi connectivity index (χ4n) is 3.06. The summed E-state index contributed by atoms with van der Waals surface area (Å²) in [6, 6.07) is 10.9. The summed E-state index contributed by atoms with van der Waals surface area (Å²) in [5.74, 6) is 0.551. The van der Waals surface area contributed by atoms with E-state index in [1.54, 1.807) is 0 Å². The number of hydrogen-bond acceptors (Lipinski definition) is 3. The molecular formula is C16H20N2O. The zero-order valence-corrected chi connectivity index (χ0v) is 11.5. The summed E-state index contributed by atoms with van der Waals surface area (Å²) < 4.78 is 5.55. The molecule has 0 amide bonds. The van der Waals surface area contributed by atoms with E-state index in [1.807, 2.05) is 13.1 Å². The second-order valence-corrected chi connectivity index (χ2v) is 5.26. The smallest absolute Gasteiger partial charge is 0.0708 e. The van der Waals surface area contributed by atoms with Crippen molar-refractivity contribution in [1.82, 2.24) is 10.3 Å². The number of aromatic nitrogens is 1. The maximum absolute atomic E-state index is 5.55. The third-order valence-electron chi connectivity index (χ3n) is 3.96. The van der Waals surface area contributed by atoms with E-state index in [0.717, 1.165) is 30.8 Å². The molecular weight excluding hydrogens is 236 g/mol. The maximum Gasteiger partial charge on any atom is 0.0708 e. The van der Waals surface area contributed by atoms with E-state index in [1.165, 1.54) is 10.9 Å². The summed E-state index contributed by atoms with van der Waals surface area (Å²) in [6.45, 7) is 3.79. The molecule has 1 fully saturated rings. The minimum atomic E-state index is 0.342. The van der Waals surface area contributed by atoms with E-state index in [0.29, 0.717) is 12.0 Å². The van der Waals surface area contributed by atoms with Gasteiger partial charge in [-0.1, -0.05) is 18.2 Å². The van der Waals surface area contributed by atoms with E-state index in [4.69, 9.17) is 4.74 Å². The summed E-state index contributed by atoms with van der Waals surface area (Å²) in [4.78, 5) is 4.62. The zero-order valence-electron chi connectivity index (χ0n) is 11.5. The molecule has 1 aliphatic rings. The lowest BCUT2D eigenvalue weighted by atomic mass is 9.90. The molecule has 2 atom stereocenters. The van der Waals surface area contributed by atoms with Crippen LogP contribution in [0.5, 0.6) is 0 Å². The van der Waals surface area contributed by atoms with Crippen LogP contribution in [-0.2, 0) is 4.74 Å². The molecule has 2 aromatic rings. The fraction of sp³-hybridized carbons (Fsp3) is 0.438. The van der Waals surface area contributed by atoms with Crippen molar-refractivity contribution in [2.24, 2.45) is 5.92 Å². The Labute approximate surface area is 114 Å². The Bertz CT molecular complexity index is 576. The first kappa shape index (κ1) is 12.6. The number of fused-ring (bicyclic) bond motifs is 1. The number of nitrogens with zero attached hydrogens (tertiary/aromatic N) is 1. The van der Waals surface area contributed by atoms with E-state index in [-0.39, 0.29) is 0 Å². The molecule has 19 heavy (non-hydrogen) atoms. The number of hydrogen-bond donors (Lipinski definition) is 1. The number of ether oxygens (including phenoxy) is 1. The Hall–Kier alpha value is -1.45. The standard InChI is InChI=1S/C16H20N2O/c1-11-9-14(13-5-3-4-6-15(13)18-11)16(17-2)12-7-8-19-10-12/h3-6,9,12,16-17H,7-8,10H2,1-2H3. The Morgan fingerprint density at radius 1 is 1.37 bits per heavy atom. The molecule has 1 aromatic heterocycles. The first-order chi connectivity index (χ1) is 9.29. The van der Waals surface area contributed by atoms with Gasteiger partial charge in [-0.05, 0) is 38.1 Å². The van der Waals surface area contributed by atoms with Crippen molar-refractivity contribution < 1.29 is 4.74 Å². The molecule has 0 radical (unpaired) electrons. The van der Waals surface area contributed by atoms with Gasteiger partial charge in [-0.3, -0.25) is 4.98 Å². The minimum absolute atomic E-state index is 0.342. The van der Waals surface area contributed by atoms with Gasteiger partial charge in [0.1, 0.15) is 0 Å². The molecule has 1 N–H and O–H groups in total. The second kappa shape index (κ2) is 5.27. The first-order valence-corrected chi connectivity index (χ1v) is 6.91. The summed E-state index contributed by atoms with van der Waals surface area (Å²) in [5, 5.41) is 4.72. The van der Waals surface area contributed by atoms with E-state index < -0.39 is 0 Å². The van der Waals surface area contributed by atoms with Crippen LogP contribution in [-0.4, -0.2) is 25.2 Å². The van der Waals surface area contributed by atoms with Gasteiger partial charge in [0.15, 0.2) is 0 Å². The van der Waals surface area contributed by atoms with Gasteiger partial charge in [0, 0.05) is 29.6 Å². The maximum atomic E-state index is 5.55. The lowest BCUT2D eigenvalue weighted by Gasteiger charge is -2.24. The molecule has 0 spiro atoms. The Morgan fingerprint density at radius 3 is 2.95 bits per heavy atom. The van der Waals surface area contributed by atoms with Gasteiger partial charge in [0.2, 0.25) is 0 Å². The SMILES string of the molecule is CNC(c1cc(C)nc2ccccc12)C1CCOC1. The van der Waals surface area contributed by atoms with Gasteiger partial charge >= 0.3 is 0 Å². The molecule has 0 aliphatic carbocycles. The van der Waals surface area contributed by atoms with Crippen LogP contribution in [0.15, 0.2) is 30.3 Å². The highest BCUT2D eigenvalue weighted by Crippen LogP contribution is 2.32. The quantitative estimate of drug-likeness (QED) is 0.917. The highest BCUT2D eigenvalue weighted by Gasteiger charge is 2.27. The lowest BCUT2D eigenvalue weighted by Crippen LogP contribution is -2.26. The van der Waals surface area contributed by atoms with Crippen molar-refractivity contribution in [1.29, 1.82) is 0 Å². The van der Waals surface area contributed by atoms with Gasteiger partial charge in [0.25, 0.3) is 0 Å². The van der Waals surface area contributed by atoms with Crippen LogP contribution in [0, 0.1) is 12.8 Å². The first-order valence-electron chi connectivity index (χ1n) is 6.91. The van der Waals surface area contributed by atoms with Crippen molar-refractivity contribution in [2.75, 3.05) is 20.3 Å². The summed E-state index contributed by atoms with van der Waals surface area (Å²) in [7, 11) is 2.04. The average molecular weight is 256 g/mol. The third-order valence-corrected chi connectivity index (χ3v) is 3.96. The highest BCUT2D eigenvalue weighted by molar-refractivity contribution is 5.82. The zero-order chi connectivity index (χ0) is 13.2. The Kier molecular flexibility index (Phi) is 3.49. The van der Waals surface area contributed by atoms with Crippen LogP contribution in [0.2, 0.25) is 0 Å². The van der Waals surface area contributed by atoms with Crippen molar-refractivity contribution in [2.45, 2.75) is 19.4 Å². The van der Waals surface area contributed by atoms with E-state index in [2.05, 4.69) is 41.5 Å². The van der Waals surface area contributed by atoms with Gasteiger partial charge in [-0.15, -0.1) is 0 Å². The number of rotatable bonds is 3. The monoisotopic (exact) mass is 256 g/mol. The lowest BCUT2D eigenvalue weighted by molar-refractivity contribution is 0.178. The van der Waals surface area contributed by atoms with Crippen LogP contribution in [0.25, 0.3) is 10.9 Å².